The molecule has 0 saturated carbocycles. The highest BCUT2D eigenvalue weighted by Crippen LogP contribution is 2.26. The van der Waals surface area contributed by atoms with Crippen molar-refractivity contribution < 1.29 is 14.2 Å². The first-order valence-electron chi connectivity index (χ1n) is 6.81. The third-order valence-electron chi connectivity index (χ3n) is 3.14. The van der Waals surface area contributed by atoms with Crippen molar-refractivity contribution in [2.24, 2.45) is 0 Å². The maximum absolute atomic E-state index is 13.2. The van der Waals surface area contributed by atoms with Crippen molar-refractivity contribution in [2.75, 3.05) is 6.61 Å². The van der Waals surface area contributed by atoms with E-state index >= 15 is 0 Å². The summed E-state index contributed by atoms with van der Waals surface area (Å²) >= 11 is 0. The Kier molecular flexibility index (Phi) is 5.13. The van der Waals surface area contributed by atoms with Gasteiger partial charge in [-0.1, -0.05) is 30.3 Å². The van der Waals surface area contributed by atoms with E-state index in [1.54, 1.807) is 13.0 Å². The summed E-state index contributed by atoms with van der Waals surface area (Å²) in [6.07, 6.45) is 1.10. The SMILES string of the molecule is C[C@@H](O)c1ccc(F)cc1OCCCc1ccccc1. The Labute approximate surface area is 118 Å². The van der Waals surface area contributed by atoms with Crippen molar-refractivity contribution in [1.29, 1.82) is 0 Å². The van der Waals surface area contributed by atoms with Gasteiger partial charge in [-0.3, -0.25) is 0 Å². The first kappa shape index (κ1) is 14.5. The van der Waals surface area contributed by atoms with Crippen molar-refractivity contribution in [3.63, 3.8) is 0 Å². The molecule has 2 rings (SSSR count). The quantitative estimate of drug-likeness (QED) is 0.810. The summed E-state index contributed by atoms with van der Waals surface area (Å²) in [7, 11) is 0. The lowest BCUT2D eigenvalue weighted by molar-refractivity contribution is 0.190. The summed E-state index contributed by atoms with van der Waals surface area (Å²) in [4.78, 5) is 0. The second-order valence-electron chi connectivity index (χ2n) is 4.80. The molecular formula is C17H19FO2. The first-order valence-corrected chi connectivity index (χ1v) is 6.81. The minimum atomic E-state index is -0.667. The molecule has 0 aliphatic rings. The van der Waals surface area contributed by atoms with Gasteiger partial charge < -0.3 is 9.84 Å². The Hall–Kier alpha value is -1.87. The fourth-order valence-electron chi connectivity index (χ4n) is 2.08. The smallest absolute Gasteiger partial charge is 0.127 e. The molecule has 0 aliphatic heterocycles. The Balaban J connectivity index is 1.89. The number of benzene rings is 2. The standard InChI is InChI=1S/C17H19FO2/c1-13(19)16-10-9-15(18)12-17(16)20-11-5-8-14-6-3-2-4-7-14/h2-4,6-7,9-10,12-13,19H,5,8,11H2,1H3/t13-/m1/s1. The summed E-state index contributed by atoms with van der Waals surface area (Å²) < 4.78 is 18.8. The average molecular weight is 274 g/mol. The molecule has 0 aliphatic carbocycles. The van der Waals surface area contributed by atoms with E-state index in [1.165, 1.54) is 17.7 Å². The van der Waals surface area contributed by atoms with Gasteiger partial charge in [0.25, 0.3) is 0 Å². The summed E-state index contributed by atoms with van der Waals surface area (Å²) in [5.41, 5.74) is 1.87. The summed E-state index contributed by atoms with van der Waals surface area (Å²) in [5.74, 6) is 0.0699. The van der Waals surface area contributed by atoms with Crippen LogP contribution in [0.15, 0.2) is 48.5 Å². The molecule has 1 N–H and O–H groups in total. The molecular weight excluding hydrogens is 255 g/mol. The second kappa shape index (κ2) is 7.06. The van der Waals surface area contributed by atoms with Gasteiger partial charge in [-0.15, -0.1) is 0 Å². The molecule has 0 radical (unpaired) electrons. The van der Waals surface area contributed by atoms with Crippen molar-refractivity contribution in [3.05, 3.63) is 65.5 Å². The summed E-state index contributed by atoms with van der Waals surface area (Å²) in [5, 5.41) is 9.63. The fourth-order valence-corrected chi connectivity index (χ4v) is 2.08. The molecule has 0 spiro atoms. The molecule has 1 atom stereocenters. The molecule has 0 saturated heterocycles. The molecule has 0 amide bonds. The molecule has 2 aromatic carbocycles. The van der Waals surface area contributed by atoms with Gasteiger partial charge in [0, 0.05) is 11.6 Å². The van der Waals surface area contributed by atoms with E-state index in [9.17, 15) is 9.50 Å². The van der Waals surface area contributed by atoms with Crippen LogP contribution < -0.4 is 4.74 Å². The van der Waals surface area contributed by atoms with Gasteiger partial charge in [-0.25, -0.2) is 4.39 Å². The van der Waals surface area contributed by atoms with Crippen LogP contribution in [0.3, 0.4) is 0 Å². The van der Waals surface area contributed by atoms with E-state index in [4.69, 9.17) is 4.74 Å². The van der Waals surface area contributed by atoms with E-state index in [0.717, 1.165) is 12.8 Å². The zero-order chi connectivity index (χ0) is 14.4. The average Bonchev–Trinajstić information content (AvgIpc) is 2.44. The number of aryl methyl sites for hydroxylation is 1. The highest BCUT2D eigenvalue weighted by atomic mass is 19.1. The molecule has 2 nitrogen and oxygen atoms in total. The topological polar surface area (TPSA) is 29.5 Å². The van der Waals surface area contributed by atoms with Crippen LogP contribution in [0.1, 0.15) is 30.6 Å². The molecule has 0 aromatic heterocycles. The van der Waals surface area contributed by atoms with Crippen LogP contribution in [-0.4, -0.2) is 11.7 Å². The fraction of sp³-hybridized carbons (Fsp3) is 0.294. The van der Waals surface area contributed by atoms with E-state index < -0.39 is 6.10 Å². The van der Waals surface area contributed by atoms with E-state index in [-0.39, 0.29) is 5.82 Å². The highest BCUT2D eigenvalue weighted by Gasteiger charge is 2.10. The first-order chi connectivity index (χ1) is 9.66. The maximum Gasteiger partial charge on any atom is 0.127 e. The Morgan fingerprint density at radius 2 is 1.90 bits per heavy atom. The number of hydrogen-bond donors (Lipinski definition) is 1. The maximum atomic E-state index is 13.2. The summed E-state index contributed by atoms with van der Waals surface area (Å²) in [6, 6.07) is 14.4. The van der Waals surface area contributed by atoms with Crippen molar-refractivity contribution in [2.45, 2.75) is 25.9 Å². The lowest BCUT2D eigenvalue weighted by Gasteiger charge is -2.13. The zero-order valence-corrected chi connectivity index (χ0v) is 11.6. The molecule has 106 valence electrons. The van der Waals surface area contributed by atoms with Gasteiger partial charge in [0.1, 0.15) is 11.6 Å². The predicted octanol–water partition coefficient (Wildman–Crippen LogP) is 3.89. The zero-order valence-electron chi connectivity index (χ0n) is 11.6. The van der Waals surface area contributed by atoms with Crippen LogP contribution in [0.4, 0.5) is 4.39 Å². The third-order valence-corrected chi connectivity index (χ3v) is 3.14. The van der Waals surface area contributed by atoms with Gasteiger partial charge >= 0.3 is 0 Å². The van der Waals surface area contributed by atoms with E-state index in [1.807, 2.05) is 18.2 Å². The van der Waals surface area contributed by atoms with Crippen LogP contribution >= 0.6 is 0 Å². The Bertz CT molecular complexity index is 538. The number of hydrogen-bond acceptors (Lipinski definition) is 2. The van der Waals surface area contributed by atoms with E-state index in [0.29, 0.717) is 17.9 Å². The lowest BCUT2D eigenvalue weighted by Crippen LogP contribution is -2.04. The van der Waals surface area contributed by atoms with Gasteiger partial charge in [-0.05, 0) is 37.5 Å². The van der Waals surface area contributed by atoms with Crippen LogP contribution in [-0.2, 0) is 6.42 Å². The predicted molar refractivity (Wildman–Crippen MR) is 77.3 cm³/mol. The van der Waals surface area contributed by atoms with Crippen molar-refractivity contribution >= 4 is 0 Å². The van der Waals surface area contributed by atoms with Crippen molar-refractivity contribution in [3.8, 4) is 5.75 Å². The number of aliphatic hydroxyl groups excluding tert-OH is 1. The number of aliphatic hydroxyl groups is 1. The third kappa shape index (κ3) is 4.07. The minimum absolute atomic E-state index is 0.354. The number of halogens is 1. The molecule has 0 bridgehead atoms. The van der Waals surface area contributed by atoms with Crippen LogP contribution in [0, 0.1) is 5.82 Å². The Morgan fingerprint density at radius 3 is 2.60 bits per heavy atom. The molecule has 0 heterocycles. The molecule has 20 heavy (non-hydrogen) atoms. The molecule has 3 heteroatoms. The van der Waals surface area contributed by atoms with Crippen LogP contribution in [0.25, 0.3) is 0 Å². The number of ether oxygens (including phenoxy) is 1. The van der Waals surface area contributed by atoms with Gasteiger partial charge in [0.15, 0.2) is 0 Å². The lowest BCUT2D eigenvalue weighted by atomic mass is 10.1. The monoisotopic (exact) mass is 274 g/mol. The molecule has 0 fully saturated rings. The summed E-state index contributed by atoms with van der Waals surface area (Å²) in [6.45, 7) is 2.14. The minimum Gasteiger partial charge on any atom is -0.493 e. The normalized spacial score (nSPS) is 12.2. The van der Waals surface area contributed by atoms with Gasteiger partial charge in [-0.2, -0.15) is 0 Å². The largest absolute Gasteiger partial charge is 0.493 e. The second-order valence-corrected chi connectivity index (χ2v) is 4.80. The molecule has 2 aromatic rings. The highest BCUT2D eigenvalue weighted by molar-refractivity contribution is 5.35. The molecule has 0 unspecified atom stereocenters. The Morgan fingerprint density at radius 1 is 1.15 bits per heavy atom. The van der Waals surface area contributed by atoms with Gasteiger partial charge in [0.05, 0.1) is 12.7 Å². The van der Waals surface area contributed by atoms with Crippen LogP contribution in [0.2, 0.25) is 0 Å². The van der Waals surface area contributed by atoms with E-state index in [2.05, 4.69) is 12.1 Å². The van der Waals surface area contributed by atoms with Crippen LogP contribution in [0.5, 0.6) is 5.75 Å². The van der Waals surface area contributed by atoms with Crippen molar-refractivity contribution in [1.82, 2.24) is 0 Å². The number of rotatable bonds is 6. The van der Waals surface area contributed by atoms with Gasteiger partial charge in [0.2, 0.25) is 0 Å².